The maximum atomic E-state index is 13.2. The van der Waals surface area contributed by atoms with Crippen LogP contribution in [0.3, 0.4) is 0 Å². The lowest BCUT2D eigenvalue weighted by Gasteiger charge is -2.34. The van der Waals surface area contributed by atoms with Gasteiger partial charge < -0.3 is 14.1 Å². The second-order valence-corrected chi connectivity index (χ2v) is 9.71. The summed E-state index contributed by atoms with van der Waals surface area (Å²) in [5, 5.41) is 1.01. The zero-order valence-corrected chi connectivity index (χ0v) is 21.9. The van der Waals surface area contributed by atoms with E-state index < -0.39 is 0 Å². The highest BCUT2D eigenvalue weighted by atomic mass is 16.5. The van der Waals surface area contributed by atoms with Crippen LogP contribution in [0, 0.1) is 6.92 Å². The van der Waals surface area contributed by atoms with E-state index in [9.17, 15) is 4.79 Å². The Morgan fingerprint density at radius 1 is 1.00 bits per heavy atom. The molecule has 1 aliphatic rings. The number of aryl methyl sites for hydroxylation is 1. The Hall–Kier alpha value is -3.83. The van der Waals surface area contributed by atoms with E-state index in [1.165, 1.54) is 11.1 Å². The molecule has 0 spiro atoms. The number of furan rings is 1. The summed E-state index contributed by atoms with van der Waals surface area (Å²) < 4.78 is 11.9. The molecule has 0 unspecified atom stereocenters. The Morgan fingerprint density at radius 3 is 2.43 bits per heavy atom. The van der Waals surface area contributed by atoms with E-state index in [0.29, 0.717) is 6.61 Å². The molecular weight excluding hydrogens is 460 g/mol. The van der Waals surface area contributed by atoms with Crippen LogP contribution in [0.5, 0.6) is 5.75 Å². The molecule has 5 rings (SSSR count). The maximum Gasteiger partial charge on any atom is 0.246 e. The molecule has 3 aromatic carbocycles. The Labute approximate surface area is 219 Å². The average molecular weight is 495 g/mol. The highest BCUT2D eigenvalue weighted by Gasteiger charge is 2.21. The molecule has 5 heteroatoms. The van der Waals surface area contributed by atoms with Gasteiger partial charge in [-0.1, -0.05) is 60.2 Å². The van der Waals surface area contributed by atoms with Crippen LogP contribution in [0.25, 0.3) is 27.7 Å². The number of benzene rings is 3. The van der Waals surface area contributed by atoms with Crippen LogP contribution in [0.2, 0.25) is 0 Å². The first-order valence-corrected chi connectivity index (χ1v) is 13.0. The first-order chi connectivity index (χ1) is 18.0. The maximum absolute atomic E-state index is 13.2. The van der Waals surface area contributed by atoms with E-state index in [2.05, 4.69) is 66.4 Å². The first-order valence-electron chi connectivity index (χ1n) is 13.0. The van der Waals surface area contributed by atoms with Crippen molar-refractivity contribution >= 4 is 22.4 Å². The molecule has 37 heavy (non-hydrogen) atoms. The van der Waals surface area contributed by atoms with Crippen LogP contribution in [0.4, 0.5) is 0 Å². The minimum absolute atomic E-state index is 0.0466. The standard InChI is InChI=1S/C32H34N2O3/c1-4-36-30-20-31-28(29(22-37-31)26-12-10-23(2)11-13-26)19-27(30)24(3)18-32(35)34-16-14-33(15-17-34)21-25-8-6-5-7-9-25/h5-13,18-20,22H,4,14-17,21H2,1-3H3/b24-18+. The Bertz CT molecular complexity index is 1400. The summed E-state index contributed by atoms with van der Waals surface area (Å²) >= 11 is 0. The number of piperazine rings is 1. The van der Waals surface area contributed by atoms with Crippen LogP contribution in [-0.4, -0.2) is 48.5 Å². The predicted molar refractivity (Wildman–Crippen MR) is 150 cm³/mol. The number of amides is 1. The second kappa shape index (κ2) is 11.1. The predicted octanol–water partition coefficient (Wildman–Crippen LogP) is 6.55. The number of ether oxygens (including phenoxy) is 1. The number of carbonyl (C=O) groups is 1. The molecule has 2 heterocycles. The van der Waals surface area contributed by atoms with E-state index >= 15 is 0 Å². The van der Waals surface area contributed by atoms with Crippen molar-refractivity contribution in [2.45, 2.75) is 27.3 Å². The van der Waals surface area contributed by atoms with Crippen molar-refractivity contribution in [2.75, 3.05) is 32.8 Å². The van der Waals surface area contributed by atoms with Gasteiger partial charge in [-0.3, -0.25) is 9.69 Å². The van der Waals surface area contributed by atoms with Gasteiger partial charge in [0.15, 0.2) is 0 Å². The molecule has 0 N–H and O–H groups in total. The average Bonchev–Trinajstić information content (AvgIpc) is 3.32. The van der Waals surface area contributed by atoms with E-state index in [1.54, 1.807) is 12.3 Å². The summed E-state index contributed by atoms with van der Waals surface area (Å²) in [5.41, 5.74) is 7.24. The molecule has 1 aliphatic heterocycles. The van der Waals surface area contributed by atoms with Gasteiger partial charge >= 0.3 is 0 Å². The summed E-state index contributed by atoms with van der Waals surface area (Å²) in [6.45, 7) is 10.7. The summed E-state index contributed by atoms with van der Waals surface area (Å²) in [7, 11) is 0. The zero-order chi connectivity index (χ0) is 25.8. The molecule has 190 valence electrons. The van der Waals surface area contributed by atoms with E-state index in [1.807, 2.05) is 30.9 Å². The van der Waals surface area contributed by atoms with Gasteiger partial charge in [0.1, 0.15) is 11.3 Å². The van der Waals surface area contributed by atoms with E-state index in [-0.39, 0.29) is 5.91 Å². The number of nitrogens with zero attached hydrogens (tertiary/aromatic N) is 2. The molecule has 1 fully saturated rings. The van der Waals surface area contributed by atoms with E-state index in [0.717, 1.165) is 71.7 Å². The van der Waals surface area contributed by atoms with Crippen LogP contribution >= 0.6 is 0 Å². The second-order valence-electron chi connectivity index (χ2n) is 9.71. The summed E-state index contributed by atoms with van der Waals surface area (Å²) in [6.07, 6.45) is 3.55. The number of allylic oxidation sites excluding steroid dienone is 1. The third-order valence-corrected chi connectivity index (χ3v) is 7.04. The molecule has 0 bridgehead atoms. The smallest absolute Gasteiger partial charge is 0.246 e. The highest BCUT2D eigenvalue weighted by molar-refractivity contribution is 6.00. The molecule has 5 nitrogen and oxygen atoms in total. The minimum Gasteiger partial charge on any atom is -0.493 e. The quantitative estimate of drug-likeness (QED) is 0.273. The number of hydrogen-bond donors (Lipinski definition) is 0. The fourth-order valence-electron chi connectivity index (χ4n) is 4.92. The van der Waals surface area contributed by atoms with Gasteiger partial charge in [0.25, 0.3) is 0 Å². The summed E-state index contributed by atoms with van der Waals surface area (Å²) in [4.78, 5) is 17.6. The van der Waals surface area contributed by atoms with E-state index in [4.69, 9.17) is 9.15 Å². The number of fused-ring (bicyclic) bond motifs is 1. The Morgan fingerprint density at radius 2 is 1.73 bits per heavy atom. The van der Waals surface area contributed by atoms with Gasteiger partial charge in [-0.15, -0.1) is 0 Å². The molecule has 0 radical (unpaired) electrons. The number of rotatable bonds is 7. The Kier molecular flexibility index (Phi) is 7.42. The van der Waals surface area contributed by atoms with Crippen LogP contribution in [0.1, 0.15) is 30.5 Å². The topological polar surface area (TPSA) is 45.9 Å². The van der Waals surface area contributed by atoms with Crippen molar-refractivity contribution < 1.29 is 13.9 Å². The van der Waals surface area contributed by atoms with Crippen molar-refractivity contribution in [1.29, 1.82) is 0 Å². The minimum atomic E-state index is 0.0466. The van der Waals surface area contributed by atoms with Crippen LogP contribution < -0.4 is 4.74 Å². The lowest BCUT2D eigenvalue weighted by atomic mass is 9.98. The Balaban J connectivity index is 1.35. The van der Waals surface area contributed by atoms with Gasteiger partial charge in [-0.2, -0.15) is 0 Å². The third-order valence-electron chi connectivity index (χ3n) is 7.04. The lowest BCUT2D eigenvalue weighted by molar-refractivity contribution is -0.127. The molecule has 4 aromatic rings. The summed E-state index contributed by atoms with van der Waals surface area (Å²) in [5.74, 6) is 0.777. The fourth-order valence-corrected chi connectivity index (χ4v) is 4.92. The van der Waals surface area contributed by atoms with Crippen molar-refractivity contribution in [1.82, 2.24) is 9.80 Å². The van der Waals surface area contributed by atoms with Crippen LogP contribution in [-0.2, 0) is 11.3 Å². The summed E-state index contributed by atoms with van der Waals surface area (Å²) in [6, 6.07) is 23.0. The first kappa shape index (κ1) is 24.8. The van der Waals surface area contributed by atoms with Crippen molar-refractivity contribution in [3.05, 3.63) is 95.8 Å². The monoisotopic (exact) mass is 494 g/mol. The molecular formula is C32H34N2O3. The SMILES string of the molecule is CCOc1cc2occ(-c3ccc(C)cc3)c2cc1/C(C)=C/C(=O)N1CCN(Cc2ccccc2)CC1. The van der Waals surface area contributed by atoms with Gasteiger partial charge in [0.2, 0.25) is 5.91 Å². The highest BCUT2D eigenvalue weighted by Crippen LogP contribution is 2.37. The molecule has 1 saturated heterocycles. The van der Waals surface area contributed by atoms with Gasteiger partial charge in [0.05, 0.1) is 12.9 Å². The van der Waals surface area contributed by atoms with Crippen molar-refractivity contribution in [3.8, 4) is 16.9 Å². The van der Waals surface area contributed by atoms with Gasteiger partial charge in [-0.05, 0) is 43.5 Å². The third kappa shape index (κ3) is 5.62. The fraction of sp³-hybridized carbons (Fsp3) is 0.281. The molecule has 0 aliphatic carbocycles. The van der Waals surface area contributed by atoms with Gasteiger partial charge in [-0.25, -0.2) is 0 Å². The van der Waals surface area contributed by atoms with Crippen molar-refractivity contribution in [2.24, 2.45) is 0 Å². The molecule has 1 aromatic heterocycles. The number of carbonyl (C=O) groups excluding carboxylic acids is 1. The lowest BCUT2D eigenvalue weighted by Crippen LogP contribution is -2.47. The molecule has 0 saturated carbocycles. The van der Waals surface area contributed by atoms with Crippen molar-refractivity contribution in [3.63, 3.8) is 0 Å². The van der Waals surface area contributed by atoms with Gasteiger partial charge in [0, 0.05) is 61.4 Å². The molecule has 1 amide bonds. The normalized spacial score (nSPS) is 14.8. The zero-order valence-electron chi connectivity index (χ0n) is 21.9. The molecule has 0 atom stereocenters. The number of hydrogen-bond acceptors (Lipinski definition) is 4. The van der Waals surface area contributed by atoms with Crippen LogP contribution in [0.15, 0.2) is 83.5 Å². The largest absolute Gasteiger partial charge is 0.493 e.